The van der Waals surface area contributed by atoms with Gasteiger partial charge in [-0.05, 0) is 25.5 Å². The molecule has 0 atom stereocenters. The summed E-state index contributed by atoms with van der Waals surface area (Å²) in [5, 5.41) is 2.60. The van der Waals surface area contributed by atoms with Crippen molar-refractivity contribution in [1.82, 2.24) is 5.32 Å². The number of rotatable bonds is 6. The molecule has 5 nitrogen and oxygen atoms in total. The van der Waals surface area contributed by atoms with E-state index in [-0.39, 0.29) is 18.3 Å². The van der Waals surface area contributed by atoms with Gasteiger partial charge in [0.1, 0.15) is 4.88 Å². The maximum absolute atomic E-state index is 11.6. The maximum Gasteiger partial charge on any atom is 0.348 e. The zero-order chi connectivity index (χ0) is 13.5. The van der Waals surface area contributed by atoms with Gasteiger partial charge in [-0.2, -0.15) is 0 Å². The third-order valence-electron chi connectivity index (χ3n) is 2.06. The number of esters is 1. The number of hydrogen-bond acceptors (Lipinski definition) is 5. The summed E-state index contributed by atoms with van der Waals surface area (Å²) in [5.74, 6) is -1.01. The van der Waals surface area contributed by atoms with E-state index in [0.717, 1.165) is 17.8 Å². The molecule has 0 unspecified atom stereocenters. The van der Waals surface area contributed by atoms with Gasteiger partial charge in [-0.25, -0.2) is 4.79 Å². The molecule has 0 radical (unpaired) electrons. The van der Waals surface area contributed by atoms with Crippen LogP contribution in [-0.2, 0) is 9.53 Å². The highest BCUT2D eigenvalue weighted by Crippen LogP contribution is 2.17. The molecule has 0 aromatic carbocycles. The van der Waals surface area contributed by atoms with Crippen molar-refractivity contribution in [2.75, 3.05) is 13.2 Å². The van der Waals surface area contributed by atoms with Crippen LogP contribution in [0, 0.1) is 0 Å². The van der Waals surface area contributed by atoms with E-state index in [4.69, 9.17) is 4.74 Å². The SMILES string of the molecule is CCCNC(=O)COC(=O)c1ccc(C(C)=O)s1. The fraction of sp³-hybridized carbons (Fsp3) is 0.417. The van der Waals surface area contributed by atoms with Crippen LogP contribution in [0.2, 0.25) is 0 Å². The van der Waals surface area contributed by atoms with Gasteiger partial charge in [0.2, 0.25) is 0 Å². The van der Waals surface area contributed by atoms with Gasteiger partial charge in [-0.1, -0.05) is 6.92 Å². The van der Waals surface area contributed by atoms with E-state index in [9.17, 15) is 14.4 Å². The minimum atomic E-state index is -0.584. The van der Waals surface area contributed by atoms with Gasteiger partial charge in [-0.15, -0.1) is 11.3 Å². The number of nitrogens with one attached hydrogen (secondary N) is 1. The highest BCUT2D eigenvalue weighted by atomic mass is 32.1. The van der Waals surface area contributed by atoms with Gasteiger partial charge in [0.05, 0.1) is 4.88 Å². The third-order valence-corrected chi connectivity index (χ3v) is 3.23. The Kier molecular flexibility index (Phi) is 5.51. The Bertz CT molecular complexity index is 453. The Morgan fingerprint density at radius 3 is 2.50 bits per heavy atom. The van der Waals surface area contributed by atoms with Crippen LogP contribution < -0.4 is 5.32 Å². The van der Waals surface area contributed by atoms with Gasteiger partial charge in [-0.3, -0.25) is 9.59 Å². The lowest BCUT2D eigenvalue weighted by atomic mass is 10.3. The molecule has 0 aliphatic heterocycles. The molecule has 6 heteroatoms. The van der Waals surface area contributed by atoms with Crippen LogP contribution in [0.1, 0.15) is 39.6 Å². The van der Waals surface area contributed by atoms with Crippen molar-refractivity contribution in [3.8, 4) is 0 Å². The summed E-state index contributed by atoms with van der Waals surface area (Å²) in [6, 6.07) is 3.09. The quantitative estimate of drug-likeness (QED) is 0.629. The zero-order valence-corrected chi connectivity index (χ0v) is 11.1. The summed E-state index contributed by atoms with van der Waals surface area (Å²) in [6.07, 6.45) is 0.826. The van der Waals surface area contributed by atoms with Gasteiger partial charge >= 0.3 is 5.97 Å². The van der Waals surface area contributed by atoms with Gasteiger partial charge in [0.25, 0.3) is 5.91 Å². The Balaban J connectivity index is 2.45. The van der Waals surface area contributed by atoms with Crippen molar-refractivity contribution in [2.45, 2.75) is 20.3 Å². The second-order valence-corrected chi connectivity index (χ2v) is 4.73. The molecular weight excluding hydrogens is 254 g/mol. The van der Waals surface area contributed by atoms with Gasteiger partial charge < -0.3 is 10.1 Å². The lowest BCUT2D eigenvalue weighted by Crippen LogP contribution is -2.29. The first kappa shape index (κ1) is 14.4. The first-order valence-electron chi connectivity index (χ1n) is 5.59. The van der Waals surface area contributed by atoms with Crippen molar-refractivity contribution < 1.29 is 19.1 Å². The van der Waals surface area contributed by atoms with Crippen LogP contribution in [0.4, 0.5) is 0 Å². The number of carbonyl (C=O) groups excluding carboxylic acids is 3. The zero-order valence-electron chi connectivity index (χ0n) is 10.3. The normalized spacial score (nSPS) is 9.89. The molecule has 0 saturated heterocycles. The molecular formula is C12H15NO4S. The molecule has 0 fully saturated rings. The maximum atomic E-state index is 11.6. The molecule has 18 heavy (non-hydrogen) atoms. The summed E-state index contributed by atoms with van der Waals surface area (Å²) in [5.41, 5.74) is 0. The number of thiophene rings is 1. The van der Waals surface area contributed by atoms with Crippen molar-refractivity contribution in [3.63, 3.8) is 0 Å². The first-order valence-corrected chi connectivity index (χ1v) is 6.40. The van der Waals surface area contributed by atoms with E-state index < -0.39 is 5.97 Å². The number of ether oxygens (including phenoxy) is 1. The molecule has 1 aromatic heterocycles. The first-order chi connectivity index (χ1) is 8.54. The highest BCUT2D eigenvalue weighted by molar-refractivity contribution is 7.15. The minimum Gasteiger partial charge on any atom is -0.451 e. The van der Waals surface area contributed by atoms with E-state index >= 15 is 0 Å². The topological polar surface area (TPSA) is 72.5 Å². The van der Waals surface area contributed by atoms with Crippen LogP contribution in [0.25, 0.3) is 0 Å². The number of ketones is 1. The molecule has 1 N–H and O–H groups in total. The van der Waals surface area contributed by atoms with Crippen LogP contribution in [-0.4, -0.2) is 30.8 Å². The Morgan fingerprint density at radius 1 is 1.28 bits per heavy atom. The van der Waals surface area contributed by atoms with Crippen LogP contribution in [0.3, 0.4) is 0 Å². The average Bonchev–Trinajstić information content (AvgIpc) is 2.83. The molecule has 1 rings (SSSR count). The summed E-state index contributed by atoms with van der Waals surface area (Å²) in [6.45, 7) is 3.62. The average molecular weight is 269 g/mol. The smallest absolute Gasteiger partial charge is 0.348 e. The molecule has 0 spiro atoms. The van der Waals surface area contributed by atoms with Crippen molar-refractivity contribution in [2.24, 2.45) is 0 Å². The third kappa shape index (κ3) is 4.29. The van der Waals surface area contributed by atoms with E-state index in [1.165, 1.54) is 13.0 Å². The molecule has 98 valence electrons. The molecule has 0 aliphatic carbocycles. The predicted molar refractivity (Wildman–Crippen MR) is 67.9 cm³/mol. The summed E-state index contributed by atoms with van der Waals surface area (Å²) >= 11 is 1.06. The Labute approximate surface area is 109 Å². The van der Waals surface area contributed by atoms with Crippen molar-refractivity contribution >= 4 is 29.0 Å². The Hall–Kier alpha value is -1.69. The number of hydrogen-bond donors (Lipinski definition) is 1. The Morgan fingerprint density at radius 2 is 1.94 bits per heavy atom. The fourth-order valence-electron chi connectivity index (χ4n) is 1.15. The van der Waals surface area contributed by atoms with E-state index in [1.807, 2.05) is 6.92 Å². The van der Waals surface area contributed by atoms with Gasteiger partial charge in [0.15, 0.2) is 12.4 Å². The number of amides is 1. The van der Waals surface area contributed by atoms with Crippen molar-refractivity contribution in [3.05, 3.63) is 21.9 Å². The summed E-state index contributed by atoms with van der Waals surface area (Å²) < 4.78 is 4.83. The second-order valence-electron chi connectivity index (χ2n) is 3.65. The number of carbonyl (C=O) groups is 3. The molecule has 0 aliphatic rings. The van der Waals surface area contributed by atoms with Crippen molar-refractivity contribution in [1.29, 1.82) is 0 Å². The van der Waals surface area contributed by atoms with Crippen LogP contribution in [0.5, 0.6) is 0 Å². The monoisotopic (exact) mass is 269 g/mol. The second kappa shape index (κ2) is 6.90. The minimum absolute atomic E-state index is 0.0975. The number of Topliss-reactive ketones (excluding diaryl/α,β-unsaturated/α-hetero) is 1. The fourth-order valence-corrected chi connectivity index (χ4v) is 1.95. The van der Waals surface area contributed by atoms with Crippen LogP contribution >= 0.6 is 11.3 Å². The lowest BCUT2D eigenvalue weighted by molar-refractivity contribution is -0.124. The van der Waals surface area contributed by atoms with Gasteiger partial charge in [0, 0.05) is 6.54 Å². The molecule has 1 amide bonds. The standard InChI is InChI=1S/C12H15NO4S/c1-3-6-13-11(15)7-17-12(16)10-5-4-9(18-10)8(2)14/h4-5H,3,6-7H2,1-2H3,(H,13,15). The summed E-state index contributed by atoms with van der Waals surface area (Å²) in [7, 11) is 0. The molecule has 0 saturated carbocycles. The van der Waals surface area contributed by atoms with E-state index in [0.29, 0.717) is 16.3 Å². The molecule has 1 heterocycles. The van der Waals surface area contributed by atoms with Crippen LogP contribution in [0.15, 0.2) is 12.1 Å². The van der Waals surface area contributed by atoms with E-state index in [1.54, 1.807) is 6.07 Å². The largest absolute Gasteiger partial charge is 0.451 e. The molecule has 1 aromatic rings. The van der Waals surface area contributed by atoms with E-state index in [2.05, 4.69) is 5.32 Å². The summed E-state index contributed by atoms with van der Waals surface area (Å²) in [4.78, 5) is 34.6. The highest BCUT2D eigenvalue weighted by Gasteiger charge is 2.13. The predicted octanol–water partition coefficient (Wildman–Crippen LogP) is 1.63. The molecule has 0 bridgehead atoms. The lowest BCUT2D eigenvalue weighted by Gasteiger charge is -2.04.